The van der Waals surface area contributed by atoms with Crippen molar-refractivity contribution in [3.05, 3.63) is 59.9 Å². The van der Waals surface area contributed by atoms with Gasteiger partial charge in [-0.15, -0.1) is 0 Å². The zero-order valence-electron chi connectivity index (χ0n) is 14.8. The summed E-state index contributed by atoms with van der Waals surface area (Å²) in [5, 5.41) is 2.75. The van der Waals surface area contributed by atoms with Gasteiger partial charge < -0.3 is 15.0 Å². The summed E-state index contributed by atoms with van der Waals surface area (Å²) in [6, 6.07) is 11.9. The first-order valence-electron chi connectivity index (χ1n) is 8.62. The van der Waals surface area contributed by atoms with Crippen LogP contribution in [0.5, 0.6) is 0 Å². The van der Waals surface area contributed by atoms with Gasteiger partial charge in [0.1, 0.15) is 5.82 Å². The fourth-order valence-corrected chi connectivity index (χ4v) is 2.90. The largest absolute Gasteiger partial charge is 0.462 e. The van der Waals surface area contributed by atoms with Gasteiger partial charge >= 0.3 is 5.97 Å². The number of carbonyl (C=O) groups excluding carboxylic acids is 3. The lowest BCUT2D eigenvalue weighted by atomic mass is 10.1. The summed E-state index contributed by atoms with van der Waals surface area (Å²) in [4.78, 5) is 37.8. The van der Waals surface area contributed by atoms with Crippen molar-refractivity contribution in [2.75, 3.05) is 23.4 Å². The van der Waals surface area contributed by atoms with Gasteiger partial charge in [0.2, 0.25) is 11.8 Å². The Morgan fingerprint density at radius 2 is 1.81 bits per heavy atom. The van der Waals surface area contributed by atoms with Crippen molar-refractivity contribution in [2.45, 2.75) is 13.3 Å². The fraction of sp³-hybridized carbons (Fsp3) is 0.250. The Morgan fingerprint density at radius 3 is 2.44 bits per heavy atom. The SMILES string of the molecule is CCOC(=O)c1ccc(NC(=O)[C@@H]2CC(=O)N(c3ccc(F)cc3)C2)cc1. The van der Waals surface area contributed by atoms with E-state index in [0.29, 0.717) is 16.9 Å². The van der Waals surface area contributed by atoms with Gasteiger partial charge in [-0.1, -0.05) is 0 Å². The van der Waals surface area contributed by atoms with Crippen molar-refractivity contribution in [1.29, 1.82) is 0 Å². The molecule has 0 aliphatic carbocycles. The molecule has 1 fully saturated rings. The van der Waals surface area contributed by atoms with Crippen molar-refractivity contribution in [3.63, 3.8) is 0 Å². The van der Waals surface area contributed by atoms with Crippen LogP contribution in [-0.4, -0.2) is 30.9 Å². The number of benzene rings is 2. The number of hydrogen-bond acceptors (Lipinski definition) is 4. The van der Waals surface area contributed by atoms with Crippen molar-refractivity contribution in [3.8, 4) is 0 Å². The second-order valence-corrected chi connectivity index (χ2v) is 6.17. The molecule has 2 amide bonds. The van der Waals surface area contributed by atoms with Gasteiger partial charge in [-0.05, 0) is 55.5 Å². The monoisotopic (exact) mass is 370 g/mol. The van der Waals surface area contributed by atoms with Gasteiger partial charge in [-0.2, -0.15) is 0 Å². The molecule has 0 saturated carbocycles. The van der Waals surface area contributed by atoms with Crippen LogP contribution in [0.2, 0.25) is 0 Å². The first kappa shape index (κ1) is 18.6. The number of carbonyl (C=O) groups is 3. The lowest BCUT2D eigenvalue weighted by molar-refractivity contribution is -0.122. The minimum atomic E-state index is -0.507. The summed E-state index contributed by atoms with van der Waals surface area (Å²) >= 11 is 0. The molecule has 1 aliphatic heterocycles. The maximum Gasteiger partial charge on any atom is 0.338 e. The van der Waals surface area contributed by atoms with Crippen molar-refractivity contribution in [2.24, 2.45) is 5.92 Å². The molecular weight excluding hydrogens is 351 g/mol. The Balaban J connectivity index is 1.62. The molecule has 0 spiro atoms. The van der Waals surface area contributed by atoms with Crippen LogP contribution < -0.4 is 10.2 Å². The van der Waals surface area contributed by atoms with E-state index in [4.69, 9.17) is 4.74 Å². The van der Waals surface area contributed by atoms with Crippen LogP contribution in [0.1, 0.15) is 23.7 Å². The highest BCUT2D eigenvalue weighted by Gasteiger charge is 2.35. The highest BCUT2D eigenvalue weighted by Crippen LogP contribution is 2.26. The molecule has 1 saturated heterocycles. The van der Waals surface area contributed by atoms with E-state index < -0.39 is 11.9 Å². The first-order valence-corrected chi connectivity index (χ1v) is 8.62. The third kappa shape index (κ3) is 4.31. The van der Waals surface area contributed by atoms with Crippen molar-refractivity contribution < 1.29 is 23.5 Å². The number of ether oxygens (including phenoxy) is 1. The molecule has 0 unspecified atom stereocenters. The van der Waals surface area contributed by atoms with E-state index >= 15 is 0 Å². The van der Waals surface area contributed by atoms with Crippen molar-refractivity contribution >= 4 is 29.2 Å². The van der Waals surface area contributed by atoms with Gasteiger partial charge in [0.15, 0.2) is 0 Å². The average molecular weight is 370 g/mol. The van der Waals surface area contributed by atoms with E-state index in [0.717, 1.165) is 0 Å². The van der Waals surface area contributed by atoms with Gasteiger partial charge in [-0.25, -0.2) is 9.18 Å². The maximum absolute atomic E-state index is 13.0. The molecule has 0 bridgehead atoms. The van der Waals surface area contributed by atoms with Crippen molar-refractivity contribution in [1.82, 2.24) is 0 Å². The summed E-state index contributed by atoms with van der Waals surface area (Å²) in [6.45, 7) is 2.25. The maximum atomic E-state index is 13.0. The molecule has 7 heteroatoms. The summed E-state index contributed by atoms with van der Waals surface area (Å²) in [5.41, 5.74) is 1.49. The lowest BCUT2D eigenvalue weighted by Gasteiger charge is -2.16. The third-order valence-electron chi connectivity index (χ3n) is 4.30. The molecule has 1 heterocycles. The zero-order chi connectivity index (χ0) is 19.4. The summed E-state index contributed by atoms with van der Waals surface area (Å²) < 4.78 is 18.0. The molecule has 27 heavy (non-hydrogen) atoms. The normalized spacial score (nSPS) is 16.3. The Kier molecular flexibility index (Phi) is 5.49. The highest BCUT2D eigenvalue weighted by molar-refractivity contribution is 6.03. The summed E-state index contributed by atoms with van der Waals surface area (Å²) in [7, 11) is 0. The summed E-state index contributed by atoms with van der Waals surface area (Å²) in [6.07, 6.45) is 0.0874. The molecule has 1 atom stereocenters. The Labute approximate surface area is 155 Å². The molecule has 0 radical (unpaired) electrons. The standard InChI is InChI=1S/C20H19FN2O4/c1-2-27-20(26)13-3-7-16(8-4-13)22-19(25)14-11-18(24)23(12-14)17-9-5-15(21)6-10-17/h3-10,14H,2,11-12H2,1H3,(H,22,25)/t14-/m1/s1. The zero-order valence-corrected chi connectivity index (χ0v) is 14.8. The average Bonchev–Trinajstić information content (AvgIpc) is 3.05. The predicted molar refractivity (Wildman–Crippen MR) is 97.9 cm³/mol. The number of nitrogens with one attached hydrogen (secondary N) is 1. The van der Waals surface area contributed by atoms with Gasteiger partial charge in [0.05, 0.1) is 18.1 Å². The topological polar surface area (TPSA) is 75.7 Å². The smallest absolute Gasteiger partial charge is 0.338 e. The minimum Gasteiger partial charge on any atom is -0.462 e. The molecule has 1 N–H and O–H groups in total. The molecule has 0 aromatic heterocycles. The Hall–Kier alpha value is -3.22. The van der Waals surface area contributed by atoms with Crippen LogP contribution in [0.4, 0.5) is 15.8 Å². The number of halogens is 1. The van der Waals surface area contributed by atoms with Crippen LogP contribution in [-0.2, 0) is 14.3 Å². The molecule has 6 nitrogen and oxygen atoms in total. The second-order valence-electron chi connectivity index (χ2n) is 6.17. The van der Waals surface area contributed by atoms with Gasteiger partial charge in [0, 0.05) is 24.3 Å². The first-order chi connectivity index (χ1) is 13.0. The van der Waals surface area contributed by atoms with E-state index in [1.165, 1.54) is 29.2 Å². The number of esters is 1. The van der Waals surface area contributed by atoms with Crippen LogP contribution in [0.3, 0.4) is 0 Å². The summed E-state index contributed by atoms with van der Waals surface area (Å²) in [5.74, 6) is -1.78. The van der Waals surface area contributed by atoms with Gasteiger partial charge in [0.25, 0.3) is 0 Å². The quantitative estimate of drug-likeness (QED) is 0.821. The molecule has 3 rings (SSSR count). The van der Waals surface area contributed by atoms with Crippen LogP contribution >= 0.6 is 0 Å². The number of rotatable bonds is 5. The minimum absolute atomic E-state index is 0.0874. The van der Waals surface area contributed by atoms with E-state index in [2.05, 4.69) is 5.32 Å². The fourth-order valence-electron chi connectivity index (χ4n) is 2.90. The lowest BCUT2D eigenvalue weighted by Crippen LogP contribution is -2.28. The second kappa shape index (κ2) is 7.99. The molecule has 140 valence electrons. The number of nitrogens with zero attached hydrogens (tertiary/aromatic N) is 1. The number of amides is 2. The van der Waals surface area contributed by atoms with Crippen LogP contribution in [0.25, 0.3) is 0 Å². The van der Waals surface area contributed by atoms with Gasteiger partial charge in [-0.3, -0.25) is 9.59 Å². The highest BCUT2D eigenvalue weighted by atomic mass is 19.1. The Morgan fingerprint density at radius 1 is 1.15 bits per heavy atom. The van der Waals surface area contributed by atoms with E-state index in [1.54, 1.807) is 31.2 Å². The third-order valence-corrected chi connectivity index (χ3v) is 4.30. The molecule has 2 aromatic rings. The molecular formula is C20H19FN2O4. The number of hydrogen-bond donors (Lipinski definition) is 1. The van der Waals surface area contributed by atoms with E-state index in [1.807, 2.05) is 0 Å². The number of anilines is 2. The van der Waals surface area contributed by atoms with E-state index in [9.17, 15) is 18.8 Å². The predicted octanol–water partition coefficient (Wildman–Crippen LogP) is 2.99. The molecule has 1 aliphatic rings. The van der Waals surface area contributed by atoms with E-state index in [-0.39, 0.29) is 37.2 Å². The molecule has 2 aromatic carbocycles. The van der Waals surface area contributed by atoms with Crippen LogP contribution in [0.15, 0.2) is 48.5 Å². The Bertz CT molecular complexity index is 849. The van der Waals surface area contributed by atoms with Crippen LogP contribution in [0, 0.1) is 11.7 Å².